The van der Waals surface area contributed by atoms with Crippen molar-refractivity contribution in [3.05, 3.63) is 0 Å². The first-order valence-corrected chi connectivity index (χ1v) is 6.77. The summed E-state index contributed by atoms with van der Waals surface area (Å²) in [6.45, 7) is 7.77. The fourth-order valence-corrected chi connectivity index (χ4v) is 2.94. The third-order valence-corrected chi connectivity index (χ3v) is 3.68. The second-order valence-electron chi connectivity index (χ2n) is 6.07. The van der Waals surface area contributed by atoms with Crippen LogP contribution in [-0.4, -0.2) is 72.4 Å². The molecule has 5 heteroatoms. The zero-order valence-electron chi connectivity index (χ0n) is 11.3. The maximum absolute atomic E-state index is 9.97. The summed E-state index contributed by atoms with van der Waals surface area (Å²) in [7, 11) is 0. The van der Waals surface area contributed by atoms with Crippen molar-refractivity contribution >= 4 is 0 Å². The van der Waals surface area contributed by atoms with Crippen LogP contribution in [0.5, 0.6) is 0 Å². The van der Waals surface area contributed by atoms with Gasteiger partial charge in [0.2, 0.25) is 0 Å². The van der Waals surface area contributed by atoms with Crippen molar-refractivity contribution in [3.8, 4) is 0 Å². The first-order valence-electron chi connectivity index (χ1n) is 6.77. The number of aliphatic hydroxyl groups excluding tert-OH is 2. The Morgan fingerprint density at radius 1 is 1.39 bits per heavy atom. The van der Waals surface area contributed by atoms with Gasteiger partial charge in [-0.25, -0.2) is 0 Å². The number of rotatable bonds is 3. The highest BCUT2D eigenvalue weighted by molar-refractivity contribution is 4.86. The van der Waals surface area contributed by atoms with Gasteiger partial charge in [-0.1, -0.05) is 0 Å². The minimum atomic E-state index is -0.266. The molecule has 2 saturated heterocycles. The predicted octanol–water partition coefficient (Wildman–Crippen LogP) is -0.144. The molecule has 3 atom stereocenters. The van der Waals surface area contributed by atoms with Gasteiger partial charge >= 0.3 is 0 Å². The molecule has 0 amide bonds. The number of aliphatic hydroxyl groups is 2. The summed E-state index contributed by atoms with van der Waals surface area (Å²) in [5.74, 6) is 0.173. The molecule has 0 saturated carbocycles. The van der Waals surface area contributed by atoms with E-state index in [2.05, 4.69) is 4.90 Å². The van der Waals surface area contributed by atoms with E-state index in [1.165, 1.54) is 0 Å². The van der Waals surface area contributed by atoms with E-state index in [4.69, 9.17) is 9.47 Å². The van der Waals surface area contributed by atoms with Crippen LogP contribution in [0, 0.1) is 5.92 Å². The molecule has 0 aliphatic carbocycles. The third-order valence-electron chi connectivity index (χ3n) is 3.68. The van der Waals surface area contributed by atoms with Crippen LogP contribution in [0.25, 0.3) is 0 Å². The highest BCUT2D eigenvalue weighted by Crippen LogP contribution is 2.23. The summed E-state index contributed by atoms with van der Waals surface area (Å²) >= 11 is 0. The largest absolute Gasteiger partial charge is 0.394 e. The predicted molar refractivity (Wildman–Crippen MR) is 67.4 cm³/mol. The molecule has 2 N–H and O–H groups in total. The average molecular weight is 259 g/mol. The molecule has 0 radical (unpaired) electrons. The molecule has 2 fully saturated rings. The van der Waals surface area contributed by atoms with E-state index in [-0.39, 0.29) is 30.3 Å². The quantitative estimate of drug-likeness (QED) is 0.738. The van der Waals surface area contributed by atoms with E-state index in [1.54, 1.807) is 0 Å². The van der Waals surface area contributed by atoms with Crippen molar-refractivity contribution in [1.82, 2.24) is 4.90 Å². The molecule has 3 unspecified atom stereocenters. The maximum atomic E-state index is 9.97. The van der Waals surface area contributed by atoms with Crippen LogP contribution in [-0.2, 0) is 9.47 Å². The van der Waals surface area contributed by atoms with Crippen LogP contribution in [0.15, 0.2) is 0 Å². The highest BCUT2D eigenvalue weighted by atomic mass is 16.5. The van der Waals surface area contributed by atoms with Crippen molar-refractivity contribution in [3.63, 3.8) is 0 Å². The normalized spacial score (nSPS) is 37.7. The molecule has 0 aromatic carbocycles. The Kier molecular flexibility index (Phi) is 4.61. The fourth-order valence-electron chi connectivity index (χ4n) is 2.94. The number of morpholine rings is 1. The van der Waals surface area contributed by atoms with Gasteiger partial charge < -0.3 is 19.7 Å². The third kappa shape index (κ3) is 3.65. The summed E-state index contributed by atoms with van der Waals surface area (Å²) in [4.78, 5) is 2.27. The molecule has 0 spiro atoms. The van der Waals surface area contributed by atoms with E-state index < -0.39 is 0 Å². The standard InChI is InChI=1S/C13H25NO4/c1-13(2)9-14(6-11(7-15)18-13)5-10-8-17-4-3-12(10)16/h10-12,15-16H,3-9H2,1-2H3. The van der Waals surface area contributed by atoms with Crippen LogP contribution in [0.3, 0.4) is 0 Å². The van der Waals surface area contributed by atoms with Gasteiger partial charge in [0.05, 0.1) is 31.0 Å². The molecule has 2 heterocycles. The van der Waals surface area contributed by atoms with Crippen LogP contribution in [0.2, 0.25) is 0 Å². The molecular weight excluding hydrogens is 234 g/mol. The molecule has 5 nitrogen and oxygen atoms in total. The number of hydrogen-bond donors (Lipinski definition) is 2. The second-order valence-corrected chi connectivity index (χ2v) is 6.07. The van der Waals surface area contributed by atoms with Crippen LogP contribution >= 0.6 is 0 Å². The molecule has 18 heavy (non-hydrogen) atoms. The van der Waals surface area contributed by atoms with Gasteiger partial charge in [-0.3, -0.25) is 4.90 Å². The zero-order chi connectivity index (χ0) is 13.2. The number of nitrogens with zero attached hydrogens (tertiary/aromatic N) is 1. The molecular formula is C13H25NO4. The minimum Gasteiger partial charge on any atom is -0.394 e. The zero-order valence-corrected chi connectivity index (χ0v) is 11.3. The summed E-state index contributed by atoms with van der Waals surface area (Å²) in [5.41, 5.74) is -0.244. The average Bonchev–Trinajstić information content (AvgIpc) is 2.30. The fraction of sp³-hybridized carbons (Fsp3) is 1.00. The molecule has 0 aromatic rings. The van der Waals surface area contributed by atoms with Crippen molar-refractivity contribution in [1.29, 1.82) is 0 Å². The Morgan fingerprint density at radius 3 is 2.83 bits per heavy atom. The number of ether oxygens (including phenoxy) is 2. The van der Waals surface area contributed by atoms with E-state index >= 15 is 0 Å². The molecule has 0 bridgehead atoms. The Hall–Kier alpha value is -0.200. The first kappa shape index (κ1) is 14.2. The van der Waals surface area contributed by atoms with Crippen molar-refractivity contribution in [2.24, 2.45) is 5.92 Å². The SMILES string of the molecule is CC1(C)CN(CC2COCCC2O)CC(CO)O1. The summed E-state index contributed by atoms with van der Waals surface area (Å²) in [6.07, 6.45) is 0.328. The maximum Gasteiger partial charge on any atom is 0.0940 e. The van der Waals surface area contributed by atoms with Gasteiger partial charge in [-0.2, -0.15) is 0 Å². The Balaban J connectivity index is 1.91. The molecule has 2 aliphatic rings. The van der Waals surface area contributed by atoms with E-state index in [0.717, 1.165) is 26.1 Å². The lowest BCUT2D eigenvalue weighted by Crippen LogP contribution is -2.56. The van der Waals surface area contributed by atoms with Crippen LogP contribution in [0.1, 0.15) is 20.3 Å². The lowest BCUT2D eigenvalue weighted by molar-refractivity contribution is -0.156. The lowest BCUT2D eigenvalue weighted by Gasteiger charge is -2.44. The van der Waals surface area contributed by atoms with E-state index in [0.29, 0.717) is 13.2 Å². The summed E-state index contributed by atoms with van der Waals surface area (Å²) in [5, 5.41) is 19.2. The van der Waals surface area contributed by atoms with Crippen LogP contribution < -0.4 is 0 Å². The molecule has 2 aliphatic heterocycles. The van der Waals surface area contributed by atoms with Gasteiger partial charge in [-0.15, -0.1) is 0 Å². The van der Waals surface area contributed by atoms with E-state index in [1.807, 2.05) is 13.8 Å². The van der Waals surface area contributed by atoms with E-state index in [9.17, 15) is 10.2 Å². The van der Waals surface area contributed by atoms with Gasteiger partial charge in [0, 0.05) is 32.2 Å². The second kappa shape index (κ2) is 5.84. The Bertz CT molecular complexity index is 272. The lowest BCUT2D eigenvalue weighted by atomic mass is 9.96. The summed E-state index contributed by atoms with van der Waals surface area (Å²) < 4.78 is 11.2. The summed E-state index contributed by atoms with van der Waals surface area (Å²) in [6, 6.07) is 0. The van der Waals surface area contributed by atoms with Gasteiger partial charge in [0.15, 0.2) is 0 Å². The van der Waals surface area contributed by atoms with Crippen molar-refractivity contribution in [2.45, 2.75) is 38.1 Å². The Morgan fingerprint density at radius 2 is 2.17 bits per heavy atom. The molecule has 0 aromatic heterocycles. The van der Waals surface area contributed by atoms with Crippen LogP contribution in [0.4, 0.5) is 0 Å². The highest BCUT2D eigenvalue weighted by Gasteiger charge is 2.35. The molecule has 106 valence electrons. The topological polar surface area (TPSA) is 62.2 Å². The number of hydrogen-bond acceptors (Lipinski definition) is 5. The van der Waals surface area contributed by atoms with Crippen molar-refractivity contribution in [2.75, 3.05) is 39.5 Å². The first-order chi connectivity index (χ1) is 8.50. The minimum absolute atomic E-state index is 0.0453. The smallest absolute Gasteiger partial charge is 0.0940 e. The van der Waals surface area contributed by atoms with Gasteiger partial charge in [-0.05, 0) is 20.3 Å². The van der Waals surface area contributed by atoms with Crippen molar-refractivity contribution < 1.29 is 19.7 Å². The van der Waals surface area contributed by atoms with Gasteiger partial charge in [0.25, 0.3) is 0 Å². The van der Waals surface area contributed by atoms with Gasteiger partial charge in [0.1, 0.15) is 0 Å². The monoisotopic (exact) mass is 259 g/mol. The Labute approximate surface area is 109 Å². The molecule has 2 rings (SSSR count).